The highest BCUT2D eigenvalue weighted by Gasteiger charge is 2.19. The van der Waals surface area contributed by atoms with Crippen molar-refractivity contribution in [1.82, 2.24) is 10.6 Å². The molecule has 1 aromatic rings. The molecule has 1 heterocycles. The Morgan fingerprint density at radius 3 is 2.81 bits per heavy atom. The highest BCUT2D eigenvalue weighted by Crippen LogP contribution is 2.27. The SMILES string of the molecule is COc1ccc(CNC(=O)C2CCCNCC2)cc1OC. The first-order valence-electron chi connectivity index (χ1n) is 7.44. The van der Waals surface area contributed by atoms with Crippen LogP contribution in [0.2, 0.25) is 0 Å². The van der Waals surface area contributed by atoms with E-state index in [1.807, 2.05) is 18.2 Å². The van der Waals surface area contributed by atoms with Crippen molar-refractivity contribution in [1.29, 1.82) is 0 Å². The normalized spacial score (nSPS) is 18.7. The summed E-state index contributed by atoms with van der Waals surface area (Å²) in [4.78, 5) is 12.2. The number of hydrogen-bond donors (Lipinski definition) is 2. The van der Waals surface area contributed by atoms with Gasteiger partial charge in [-0.25, -0.2) is 0 Å². The highest BCUT2D eigenvalue weighted by molar-refractivity contribution is 5.78. The zero-order valence-electron chi connectivity index (χ0n) is 12.8. The maximum absolute atomic E-state index is 12.2. The summed E-state index contributed by atoms with van der Waals surface area (Å²) in [6.07, 6.45) is 2.94. The molecule has 0 spiro atoms. The molecule has 116 valence electrons. The van der Waals surface area contributed by atoms with Crippen molar-refractivity contribution in [2.45, 2.75) is 25.8 Å². The third-order valence-corrected chi connectivity index (χ3v) is 3.86. The van der Waals surface area contributed by atoms with E-state index in [1.165, 1.54) is 0 Å². The van der Waals surface area contributed by atoms with E-state index in [0.29, 0.717) is 18.0 Å². The molecule has 21 heavy (non-hydrogen) atoms. The molecular weight excluding hydrogens is 268 g/mol. The first-order valence-corrected chi connectivity index (χ1v) is 7.44. The van der Waals surface area contributed by atoms with E-state index in [-0.39, 0.29) is 11.8 Å². The lowest BCUT2D eigenvalue weighted by atomic mass is 10.00. The van der Waals surface area contributed by atoms with Crippen molar-refractivity contribution >= 4 is 5.91 Å². The van der Waals surface area contributed by atoms with Crippen LogP contribution < -0.4 is 20.1 Å². The number of carbonyl (C=O) groups is 1. The molecule has 2 rings (SSSR count). The molecule has 1 fully saturated rings. The van der Waals surface area contributed by atoms with Crippen LogP contribution in [0.15, 0.2) is 18.2 Å². The van der Waals surface area contributed by atoms with E-state index in [0.717, 1.165) is 37.9 Å². The number of hydrogen-bond acceptors (Lipinski definition) is 4. The number of rotatable bonds is 5. The summed E-state index contributed by atoms with van der Waals surface area (Å²) >= 11 is 0. The standard InChI is InChI=1S/C16H24N2O3/c1-20-14-6-5-12(10-15(14)21-2)11-18-16(19)13-4-3-8-17-9-7-13/h5-6,10,13,17H,3-4,7-9,11H2,1-2H3,(H,18,19). The number of nitrogens with one attached hydrogen (secondary N) is 2. The predicted octanol–water partition coefficient (Wildman–Crippen LogP) is 1.71. The van der Waals surface area contributed by atoms with Gasteiger partial charge in [-0.2, -0.15) is 0 Å². The highest BCUT2D eigenvalue weighted by atomic mass is 16.5. The molecule has 0 aromatic heterocycles. The number of amides is 1. The Labute approximate surface area is 126 Å². The lowest BCUT2D eigenvalue weighted by Crippen LogP contribution is -2.30. The van der Waals surface area contributed by atoms with Gasteiger partial charge < -0.3 is 20.1 Å². The van der Waals surface area contributed by atoms with Crippen molar-refractivity contribution in [2.75, 3.05) is 27.3 Å². The topological polar surface area (TPSA) is 59.6 Å². The Balaban J connectivity index is 1.91. The molecule has 1 unspecified atom stereocenters. The first-order chi connectivity index (χ1) is 10.2. The molecule has 5 heteroatoms. The minimum absolute atomic E-state index is 0.125. The number of ether oxygens (including phenoxy) is 2. The van der Waals surface area contributed by atoms with Gasteiger partial charge in [-0.3, -0.25) is 4.79 Å². The van der Waals surface area contributed by atoms with Crippen molar-refractivity contribution in [3.63, 3.8) is 0 Å². The van der Waals surface area contributed by atoms with Gasteiger partial charge in [-0.1, -0.05) is 6.07 Å². The maximum Gasteiger partial charge on any atom is 0.223 e. The van der Waals surface area contributed by atoms with E-state index in [4.69, 9.17) is 9.47 Å². The third kappa shape index (κ3) is 4.36. The van der Waals surface area contributed by atoms with Gasteiger partial charge in [0.2, 0.25) is 5.91 Å². The second-order valence-corrected chi connectivity index (χ2v) is 5.28. The molecule has 1 amide bonds. The van der Waals surface area contributed by atoms with Crippen molar-refractivity contribution in [2.24, 2.45) is 5.92 Å². The number of methoxy groups -OCH3 is 2. The third-order valence-electron chi connectivity index (χ3n) is 3.86. The Hall–Kier alpha value is -1.75. The van der Waals surface area contributed by atoms with E-state index < -0.39 is 0 Å². The van der Waals surface area contributed by atoms with Crippen LogP contribution in [0.3, 0.4) is 0 Å². The van der Waals surface area contributed by atoms with Crippen molar-refractivity contribution in [3.8, 4) is 11.5 Å². The lowest BCUT2D eigenvalue weighted by Gasteiger charge is -2.14. The lowest BCUT2D eigenvalue weighted by molar-refractivity contribution is -0.125. The van der Waals surface area contributed by atoms with E-state index in [9.17, 15) is 4.79 Å². The van der Waals surface area contributed by atoms with Gasteiger partial charge in [0.1, 0.15) is 0 Å². The van der Waals surface area contributed by atoms with E-state index >= 15 is 0 Å². The van der Waals surface area contributed by atoms with Crippen LogP contribution in [0.4, 0.5) is 0 Å². The van der Waals surface area contributed by atoms with Gasteiger partial charge >= 0.3 is 0 Å². The molecule has 0 radical (unpaired) electrons. The van der Waals surface area contributed by atoms with Crippen LogP contribution in [0.5, 0.6) is 11.5 Å². The molecule has 2 N–H and O–H groups in total. The molecule has 1 saturated heterocycles. The monoisotopic (exact) mass is 292 g/mol. The van der Waals surface area contributed by atoms with Gasteiger partial charge in [0, 0.05) is 12.5 Å². The Kier molecular flexibility index (Phi) is 5.87. The van der Waals surface area contributed by atoms with Crippen LogP contribution in [-0.4, -0.2) is 33.2 Å². The summed E-state index contributed by atoms with van der Waals surface area (Å²) in [7, 11) is 3.22. The molecule has 0 saturated carbocycles. The van der Waals surface area contributed by atoms with E-state index in [2.05, 4.69) is 10.6 Å². The molecular formula is C16H24N2O3. The van der Waals surface area contributed by atoms with Crippen molar-refractivity contribution in [3.05, 3.63) is 23.8 Å². The molecule has 0 bridgehead atoms. The molecule has 0 aliphatic carbocycles. The van der Waals surface area contributed by atoms with E-state index in [1.54, 1.807) is 14.2 Å². The van der Waals surface area contributed by atoms with Crippen LogP contribution in [0.1, 0.15) is 24.8 Å². The molecule has 1 aromatic carbocycles. The minimum atomic E-state index is 0.125. The molecule has 1 atom stereocenters. The molecule has 1 aliphatic rings. The van der Waals surface area contributed by atoms with Crippen LogP contribution in [-0.2, 0) is 11.3 Å². The quantitative estimate of drug-likeness (QED) is 0.867. The van der Waals surface area contributed by atoms with Crippen LogP contribution in [0.25, 0.3) is 0 Å². The summed E-state index contributed by atoms with van der Waals surface area (Å²) in [6.45, 7) is 2.46. The summed E-state index contributed by atoms with van der Waals surface area (Å²) in [5.74, 6) is 1.65. The summed E-state index contributed by atoms with van der Waals surface area (Å²) in [5, 5.41) is 6.35. The van der Waals surface area contributed by atoms with Gasteiger partial charge in [-0.15, -0.1) is 0 Å². The largest absolute Gasteiger partial charge is 0.493 e. The van der Waals surface area contributed by atoms with Crippen LogP contribution >= 0.6 is 0 Å². The van der Waals surface area contributed by atoms with Gasteiger partial charge in [0.25, 0.3) is 0 Å². The second-order valence-electron chi connectivity index (χ2n) is 5.28. The second kappa shape index (κ2) is 7.88. The smallest absolute Gasteiger partial charge is 0.223 e. The summed E-state index contributed by atoms with van der Waals surface area (Å²) < 4.78 is 10.5. The predicted molar refractivity (Wildman–Crippen MR) is 81.6 cm³/mol. The van der Waals surface area contributed by atoms with Gasteiger partial charge in [0.15, 0.2) is 11.5 Å². The Morgan fingerprint density at radius 1 is 1.24 bits per heavy atom. The van der Waals surface area contributed by atoms with Crippen molar-refractivity contribution < 1.29 is 14.3 Å². The van der Waals surface area contributed by atoms with Crippen LogP contribution in [0, 0.1) is 5.92 Å². The summed E-state index contributed by atoms with van der Waals surface area (Å²) in [5.41, 5.74) is 1.01. The summed E-state index contributed by atoms with van der Waals surface area (Å²) in [6, 6.07) is 5.69. The number of benzene rings is 1. The average molecular weight is 292 g/mol. The Morgan fingerprint density at radius 2 is 2.05 bits per heavy atom. The minimum Gasteiger partial charge on any atom is -0.493 e. The zero-order valence-corrected chi connectivity index (χ0v) is 12.8. The van der Waals surface area contributed by atoms with Gasteiger partial charge in [0.05, 0.1) is 14.2 Å². The first kappa shape index (κ1) is 15.6. The fourth-order valence-corrected chi connectivity index (χ4v) is 2.61. The van der Waals surface area contributed by atoms with Gasteiger partial charge in [-0.05, 0) is 50.0 Å². The fraction of sp³-hybridized carbons (Fsp3) is 0.562. The fourth-order valence-electron chi connectivity index (χ4n) is 2.61. The average Bonchev–Trinajstić information content (AvgIpc) is 2.81. The Bertz CT molecular complexity index is 469. The molecule has 5 nitrogen and oxygen atoms in total. The zero-order chi connectivity index (χ0) is 15.1. The number of carbonyl (C=O) groups excluding carboxylic acids is 1. The maximum atomic E-state index is 12.2. The molecule has 1 aliphatic heterocycles.